The van der Waals surface area contributed by atoms with Gasteiger partial charge in [-0.2, -0.15) is 0 Å². The Bertz CT molecular complexity index is 683. The van der Waals surface area contributed by atoms with Crippen LogP contribution in [0.1, 0.15) is 31.4 Å². The first-order valence-electron chi connectivity index (χ1n) is 9.64. The summed E-state index contributed by atoms with van der Waals surface area (Å²) in [6, 6.07) is 14.0. The summed E-state index contributed by atoms with van der Waals surface area (Å²) >= 11 is 6.46. The van der Waals surface area contributed by atoms with Crippen molar-refractivity contribution in [2.75, 3.05) is 33.3 Å². The second-order valence-corrected chi connectivity index (χ2v) is 6.85. The Labute approximate surface area is 192 Å². The highest BCUT2D eigenvalue weighted by Gasteiger charge is 2.12. The molecule has 0 saturated heterocycles. The Morgan fingerprint density at radius 3 is 2.31 bits per heavy atom. The first-order chi connectivity index (χ1) is 13.2. The van der Waals surface area contributed by atoms with Gasteiger partial charge in [-0.3, -0.25) is 0 Å². The molecule has 0 atom stereocenters. The molecular weight excluding hydrogens is 431 g/mol. The van der Waals surface area contributed by atoms with E-state index in [0.29, 0.717) is 23.1 Å². The molecule has 2 aromatic carbocycles. The number of nitrogens with zero attached hydrogens (tertiary/aromatic N) is 1. The molecule has 164 valence electrons. The number of methoxy groups -OCH3 is 1. The smallest absolute Gasteiger partial charge is 0.180 e. The van der Waals surface area contributed by atoms with Crippen molar-refractivity contribution in [1.82, 2.24) is 10.2 Å². The van der Waals surface area contributed by atoms with Crippen molar-refractivity contribution in [3.05, 3.63) is 58.6 Å². The number of hydrogen-bond acceptors (Lipinski definition) is 4. The van der Waals surface area contributed by atoms with Gasteiger partial charge >= 0.3 is 0 Å². The fourth-order valence-electron chi connectivity index (χ4n) is 2.95. The molecule has 0 saturated carbocycles. The summed E-state index contributed by atoms with van der Waals surface area (Å²) in [6.07, 6.45) is 1.13. The minimum Gasteiger partial charge on any atom is -0.493 e. The van der Waals surface area contributed by atoms with Crippen LogP contribution in [0.15, 0.2) is 42.5 Å². The van der Waals surface area contributed by atoms with Crippen molar-refractivity contribution in [2.45, 2.75) is 33.4 Å². The highest BCUT2D eigenvalue weighted by atomic mass is 35.5. The van der Waals surface area contributed by atoms with Crippen LogP contribution in [0.4, 0.5) is 0 Å². The van der Waals surface area contributed by atoms with Crippen LogP contribution >= 0.6 is 36.4 Å². The Morgan fingerprint density at radius 1 is 1.00 bits per heavy atom. The second kappa shape index (κ2) is 15.6. The number of rotatable bonds is 12. The normalized spacial score (nSPS) is 10.2. The minimum absolute atomic E-state index is 0. The van der Waals surface area contributed by atoms with Crippen molar-refractivity contribution < 1.29 is 9.47 Å². The van der Waals surface area contributed by atoms with Crippen LogP contribution in [0.3, 0.4) is 0 Å². The molecule has 0 bridgehead atoms. The van der Waals surface area contributed by atoms with Crippen molar-refractivity contribution in [1.29, 1.82) is 0 Å². The zero-order valence-corrected chi connectivity index (χ0v) is 19.8. The van der Waals surface area contributed by atoms with E-state index >= 15 is 0 Å². The van der Waals surface area contributed by atoms with Gasteiger partial charge in [0.25, 0.3) is 0 Å². The van der Waals surface area contributed by atoms with Gasteiger partial charge < -0.3 is 19.7 Å². The SMILES string of the molecule is CCN(CC)CCCNCc1cc(Cl)c(OCc2ccccc2)c(OC)c1.Cl.Cl. The average molecular weight is 464 g/mol. The summed E-state index contributed by atoms with van der Waals surface area (Å²) in [7, 11) is 1.64. The lowest BCUT2D eigenvalue weighted by molar-refractivity contribution is 0.284. The molecule has 7 heteroatoms. The van der Waals surface area contributed by atoms with Crippen molar-refractivity contribution in [3.8, 4) is 11.5 Å². The molecule has 0 aromatic heterocycles. The van der Waals surface area contributed by atoms with E-state index < -0.39 is 0 Å². The number of hydrogen-bond donors (Lipinski definition) is 1. The van der Waals surface area contributed by atoms with Crippen molar-refractivity contribution >= 4 is 36.4 Å². The molecule has 1 N–H and O–H groups in total. The van der Waals surface area contributed by atoms with E-state index in [1.165, 1.54) is 0 Å². The molecule has 0 aliphatic rings. The van der Waals surface area contributed by atoms with Crippen molar-refractivity contribution in [2.24, 2.45) is 0 Å². The predicted octanol–water partition coefficient (Wildman–Crippen LogP) is 5.59. The van der Waals surface area contributed by atoms with Gasteiger partial charge in [0, 0.05) is 6.54 Å². The van der Waals surface area contributed by atoms with E-state index in [2.05, 4.69) is 24.1 Å². The molecule has 0 amide bonds. The molecule has 0 aliphatic heterocycles. The maximum absolute atomic E-state index is 6.46. The van der Waals surface area contributed by atoms with Crippen LogP contribution in [0, 0.1) is 0 Å². The van der Waals surface area contributed by atoms with Gasteiger partial charge in [-0.1, -0.05) is 55.8 Å². The Balaban J connectivity index is 0.00000392. The monoisotopic (exact) mass is 462 g/mol. The number of ether oxygens (including phenoxy) is 2. The lowest BCUT2D eigenvalue weighted by Gasteiger charge is -2.18. The Kier molecular flexibility index (Phi) is 15.0. The summed E-state index contributed by atoms with van der Waals surface area (Å²) < 4.78 is 11.4. The topological polar surface area (TPSA) is 33.7 Å². The zero-order valence-electron chi connectivity index (χ0n) is 17.4. The molecule has 0 radical (unpaired) electrons. The maximum Gasteiger partial charge on any atom is 0.180 e. The molecule has 0 aliphatic carbocycles. The lowest BCUT2D eigenvalue weighted by Crippen LogP contribution is -2.27. The van der Waals surface area contributed by atoms with E-state index in [1.807, 2.05) is 42.5 Å². The van der Waals surface area contributed by atoms with Crippen LogP contribution in [-0.2, 0) is 13.2 Å². The Hall–Kier alpha value is -1.17. The van der Waals surface area contributed by atoms with Crippen LogP contribution in [0.5, 0.6) is 11.5 Å². The molecular formula is C22H33Cl3N2O2. The predicted molar refractivity (Wildman–Crippen MR) is 127 cm³/mol. The van der Waals surface area contributed by atoms with E-state index in [-0.39, 0.29) is 24.8 Å². The van der Waals surface area contributed by atoms with Gasteiger partial charge in [0.1, 0.15) is 6.61 Å². The molecule has 29 heavy (non-hydrogen) atoms. The maximum atomic E-state index is 6.46. The van der Waals surface area contributed by atoms with E-state index in [0.717, 1.165) is 50.3 Å². The number of benzene rings is 2. The number of halogens is 3. The Morgan fingerprint density at radius 2 is 1.69 bits per heavy atom. The van der Waals surface area contributed by atoms with Crippen LogP contribution in [-0.4, -0.2) is 38.2 Å². The third kappa shape index (κ3) is 9.45. The van der Waals surface area contributed by atoms with Crippen LogP contribution in [0.25, 0.3) is 0 Å². The molecule has 0 heterocycles. The number of nitrogens with one attached hydrogen (secondary N) is 1. The highest BCUT2D eigenvalue weighted by molar-refractivity contribution is 6.32. The molecule has 0 fully saturated rings. The van der Waals surface area contributed by atoms with Gasteiger partial charge in [-0.05, 0) is 55.9 Å². The molecule has 0 spiro atoms. The van der Waals surface area contributed by atoms with Gasteiger partial charge in [-0.15, -0.1) is 24.8 Å². The largest absolute Gasteiger partial charge is 0.493 e. The summed E-state index contributed by atoms with van der Waals surface area (Å²) in [4.78, 5) is 2.43. The second-order valence-electron chi connectivity index (χ2n) is 6.44. The first kappa shape index (κ1) is 27.8. The molecule has 2 aromatic rings. The third-order valence-corrected chi connectivity index (χ3v) is 4.85. The standard InChI is InChI=1S/C22H31ClN2O2.2ClH/c1-4-25(5-2)13-9-12-24-16-19-14-20(23)22(21(15-19)26-3)27-17-18-10-7-6-8-11-18;;/h6-8,10-11,14-15,24H,4-5,9,12-13,16-17H2,1-3H3;2*1H. The molecule has 2 rings (SSSR count). The third-order valence-electron chi connectivity index (χ3n) is 4.57. The first-order valence-corrected chi connectivity index (χ1v) is 10.0. The van der Waals surface area contributed by atoms with Gasteiger partial charge in [0.15, 0.2) is 11.5 Å². The minimum atomic E-state index is 0. The van der Waals surface area contributed by atoms with Gasteiger partial charge in [-0.25, -0.2) is 0 Å². The molecule has 4 nitrogen and oxygen atoms in total. The summed E-state index contributed by atoms with van der Waals surface area (Å²) in [5.41, 5.74) is 2.18. The van der Waals surface area contributed by atoms with E-state index in [4.69, 9.17) is 21.1 Å². The quantitative estimate of drug-likeness (QED) is 0.416. The van der Waals surface area contributed by atoms with E-state index in [9.17, 15) is 0 Å². The summed E-state index contributed by atoms with van der Waals surface area (Å²) in [5.74, 6) is 1.26. The zero-order chi connectivity index (χ0) is 19.5. The summed E-state index contributed by atoms with van der Waals surface area (Å²) in [5, 5.41) is 4.05. The average Bonchev–Trinajstić information content (AvgIpc) is 2.70. The lowest BCUT2D eigenvalue weighted by atomic mass is 10.2. The summed E-state index contributed by atoms with van der Waals surface area (Å²) in [6.45, 7) is 9.92. The van der Waals surface area contributed by atoms with Gasteiger partial charge in [0.05, 0.1) is 12.1 Å². The molecule has 0 unspecified atom stereocenters. The van der Waals surface area contributed by atoms with E-state index in [1.54, 1.807) is 7.11 Å². The highest BCUT2D eigenvalue weighted by Crippen LogP contribution is 2.37. The van der Waals surface area contributed by atoms with Crippen molar-refractivity contribution in [3.63, 3.8) is 0 Å². The van der Waals surface area contributed by atoms with Gasteiger partial charge in [0.2, 0.25) is 0 Å². The fraction of sp³-hybridized carbons (Fsp3) is 0.455. The fourth-order valence-corrected chi connectivity index (χ4v) is 3.23. The van der Waals surface area contributed by atoms with Crippen LogP contribution < -0.4 is 14.8 Å². The van der Waals surface area contributed by atoms with Crippen LogP contribution in [0.2, 0.25) is 5.02 Å².